The first-order chi connectivity index (χ1) is 19.3. The summed E-state index contributed by atoms with van der Waals surface area (Å²) >= 11 is 0. The van der Waals surface area contributed by atoms with Gasteiger partial charge in [-0.05, 0) is 47.1 Å². The third-order valence-corrected chi connectivity index (χ3v) is 7.19. The molecule has 0 radical (unpaired) electrons. The van der Waals surface area contributed by atoms with E-state index in [1.807, 2.05) is 61.5 Å². The summed E-state index contributed by atoms with van der Waals surface area (Å²) in [5, 5.41) is 14.9. The van der Waals surface area contributed by atoms with Crippen LogP contribution in [0.15, 0.2) is 78.9 Å². The van der Waals surface area contributed by atoms with Gasteiger partial charge in [0.05, 0.1) is 12.7 Å². The highest BCUT2D eigenvalue weighted by Gasteiger charge is 2.29. The van der Waals surface area contributed by atoms with E-state index in [0.29, 0.717) is 13.0 Å². The minimum absolute atomic E-state index is 0.0120. The molecule has 0 heterocycles. The lowest BCUT2D eigenvalue weighted by Crippen LogP contribution is -2.48. The molecule has 0 spiro atoms. The molecular weight excluding hydrogens is 508 g/mol. The second-order valence-corrected chi connectivity index (χ2v) is 10.2. The van der Waals surface area contributed by atoms with Crippen molar-refractivity contribution in [1.29, 1.82) is 0 Å². The van der Waals surface area contributed by atoms with E-state index >= 15 is 0 Å². The smallest absolute Gasteiger partial charge is 0.407 e. The van der Waals surface area contributed by atoms with Gasteiger partial charge in [0.2, 0.25) is 5.91 Å². The molecule has 210 valence electrons. The molecule has 3 aromatic rings. The number of hydrogen-bond donors (Lipinski definition) is 3. The molecule has 0 saturated heterocycles. The van der Waals surface area contributed by atoms with Crippen molar-refractivity contribution in [3.63, 3.8) is 0 Å². The molecule has 0 saturated carbocycles. The third-order valence-electron chi connectivity index (χ3n) is 7.19. The number of ether oxygens (including phenoxy) is 2. The molecule has 1 aliphatic carbocycles. The molecule has 8 nitrogen and oxygen atoms in total. The number of benzene rings is 3. The Labute approximate surface area is 234 Å². The zero-order valence-corrected chi connectivity index (χ0v) is 22.8. The summed E-state index contributed by atoms with van der Waals surface area (Å²) in [6.45, 7) is 4.33. The van der Waals surface area contributed by atoms with Crippen LogP contribution in [0, 0.1) is 5.92 Å². The third kappa shape index (κ3) is 7.48. The maximum Gasteiger partial charge on any atom is 0.407 e. The van der Waals surface area contributed by atoms with Crippen LogP contribution in [0.4, 0.5) is 4.79 Å². The van der Waals surface area contributed by atoms with Crippen molar-refractivity contribution in [2.24, 2.45) is 5.92 Å². The fourth-order valence-electron chi connectivity index (χ4n) is 5.00. The number of carboxylic acid groups (broad SMARTS) is 1. The molecule has 0 bridgehead atoms. The largest absolute Gasteiger partial charge is 0.480 e. The Balaban J connectivity index is 1.17. The maximum atomic E-state index is 12.6. The predicted octanol–water partition coefficient (Wildman–Crippen LogP) is 5.12. The summed E-state index contributed by atoms with van der Waals surface area (Å²) in [7, 11) is 0. The van der Waals surface area contributed by atoms with Gasteiger partial charge in [-0.1, -0.05) is 85.8 Å². The molecule has 0 aromatic heterocycles. The number of hydrogen-bond acceptors (Lipinski definition) is 5. The number of aliphatic carboxylic acids is 1. The highest BCUT2D eigenvalue weighted by molar-refractivity contribution is 5.84. The predicted molar refractivity (Wildman–Crippen MR) is 152 cm³/mol. The monoisotopic (exact) mass is 544 g/mol. The SMILES string of the molecule is CC(CCNC(=O)OCC1c2ccccc2-c2ccccc21)CC(=O)N[C@@H](C(=O)O)[C@H](C)OCc1ccccc1. The maximum absolute atomic E-state index is 12.6. The summed E-state index contributed by atoms with van der Waals surface area (Å²) in [6, 6.07) is 24.6. The van der Waals surface area contributed by atoms with Crippen molar-refractivity contribution in [1.82, 2.24) is 10.6 Å². The highest BCUT2D eigenvalue weighted by Crippen LogP contribution is 2.44. The van der Waals surface area contributed by atoms with E-state index in [-0.39, 0.29) is 37.4 Å². The molecule has 40 heavy (non-hydrogen) atoms. The Bertz CT molecular complexity index is 1270. The van der Waals surface area contributed by atoms with E-state index in [0.717, 1.165) is 16.7 Å². The van der Waals surface area contributed by atoms with Crippen LogP contribution >= 0.6 is 0 Å². The average Bonchev–Trinajstić information content (AvgIpc) is 3.27. The van der Waals surface area contributed by atoms with Gasteiger partial charge < -0.3 is 25.2 Å². The van der Waals surface area contributed by atoms with Crippen LogP contribution in [0.3, 0.4) is 0 Å². The quantitative estimate of drug-likeness (QED) is 0.275. The molecule has 1 aliphatic rings. The van der Waals surface area contributed by atoms with Crippen LogP contribution in [0.25, 0.3) is 11.1 Å². The van der Waals surface area contributed by atoms with E-state index in [1.165, 1.54) is 11.1 Å². The van der Waals surface area contributed by atoms with Crippen molar-refractivity contribution >= 4 is 18.0 Å². The molecule has 4 rings (SSSR count). The molecule has 3 aromatic carbocycles. The molecule has 8 heteroatoms. The lowest BCUT2D eigenvalue weighted by molar-refractivity contribution is -0.146. The van der Waals surface area contributed by atoms with Crippen LogP contribution in [-0.2, 0) is 25.7 Å². The topological polar surface area (TPSA) is 114 Å². The van der Waals surface area contributed by atoms with Crippen LogP contribution in [0.5, 0.6) is 0 Å². The Morgan fingerprint density at radius 1 is 0.875 bits per heavy atom. The van der Waals surface area contributed by atoms with Gasteiger partial charge >= 0.3 is 12.1 Å². The Morgan fingerprint density at radius 3 is 2.10 bits per heavy atom. The summed E-state index contributed by atoms with van der Waals surface area (Å²) in [4.78, 5) is 36.7. The normalized spacial score (nSPS) is 14.3. The summed E-state index contributed by atoms with van der Waals surface area (Å²) in [5.41, 5.74) is 5.55. The fraction of sp³-hybridized carbons (Fsp3) is 0.344. The minimum Gasteiger partial charge on any atom is -0.480 e. The summed E-state index contributed by atoms with van der Waals surface area (Å²) < 4.78 is 11.2. The number of amides is 2. The Morgan fingerprint density at radius 2 is 1.48 bits per heavy atom. The molecule has 3 N–H and O–H groups in total. The van der Waals surface area contributed by atoms with Crippen molar-refractivity contribution in [3.05, 3.63) is 95.6 Å². The van der Waals surface area contributed by atoms with Crippen molar-refractivity contribution < 1.29 is 29.0 Å². The van der Waals surface area contributed by atoms with Gasteiger partial charge in [-0.2, -0.15) is 0 Å². The van der Waals surface area contributed by atoms with Gasteiger partial charge in [-0.15, -0.1) is 0 Å². The number of carboxylic acids is 1. The summed E-state index contributed by atoms with van der Waals surface area (Å²) in [5.74, 6) is -1.62. The minimum atomic E-state index is -1.16. The van der Waals surface area contributed by atoms with Crippen molar-refractivity contribution in [2.45, 2.75) is 51.4 Å². The van der Waals surface area contributed by atoms with Crippen LogP contribution in [0.2, 0.25) is 0 Å². The van der Waals surface area contributed by atoms with Gasteiger partial charge in [0, 0.05) is 18.9 Å². The van der Waals surface area contributed by atoms with E-state index in [2.05, 4.69) is 34.9 Å². The Hall–Kier alpha value is -4.17. The van der Waals surface area contributed by atoms with Gasteiger partial charge in [-0.3, -0.25) is 4.79 Å². The van der Waals surface area contributed by atoms with E-state index < -0.39 is 24.2 Å². The van der Waals surface area contributed by atoms with Gasteiger partial charge in [0.1, 0.15) is 6.61 Å². The molecule has 0 aliphatic heterocycles. The molecule has 0 fully saturated rings. The zero-order chi connectivity index (χ0) is 28.5. The molecule has 2 amide bonds. The van der Waals surface area contributed by atoms with Crippen LogP contribution in [0.1, 0.15) is 49.3 Å². The number of rotatable bonds is 13. The van der Waals surface area contributed by atoms with Crippen molar-refractivity contribution in [3.8, 4) is 11.1 Å². The van der Waals surface area contributed by atoms with Gasteiger partial charge in [-0.25, -0.2) is 9.59 Å². The number of carbonyl (C=O) groups is 3. The number of alkyl carbamates (subject to hydrolysis) is 1. The van der Waals surface area contributed by atoms with Gasteiger partial charge in [0.15, 0.2) is 6.04 Å². The summed E-state index contributed by atoms with van der Waals surface area (Å²) in [6.07, 6.45) is -0.558. The van der Waals surface area contributed by atoms with Crippen LogP contribution < -0.4 is 10.6 Å². The number of nitrogens with one attached hydrogen (secondary N) is 2. The zero-order valence-electron chi connectivity index (χ0n) is 22.8. The Kier molecular flexibility index (Phi) is 9.91. The molecule has 1 unspecified atom stereocenters. The van der Waals surface area contributed by atoms with Crippen molar-refractivity contribution in [2.75, 3.05) is 13.2 Å². The van der Waals surface area contributed by atoms with E-state index in [4.69, 9.17) is 9.47 Å². The molecule has 3 atom stereocenters. The van der Waals surface area contributed by atoms with E-state index in [1.54, 1.807) is 6.92 Å². The first kappa shape index (κ1) is 28.8. The number of carbonyl (C=O) groups excluding carboxylic acids is 2. The van der Waals surface area contributed by atoms with E-state index in [9.17, 15) is 19.5 Å². The highest BCUT2D eigenvalue weighted by atomic mass is 16.5. The average molecular weight is 545 g/mol. The first-order valence-corrected chi connectivity index (χ1v) is 13.6. The number of fused-ring (bicyclic) bond motifs is 3. The standard InChI is InChI=1S/C32H36N2O6/c1-21(18-29(35)34-30(31(36)37)22(2)39-19-23-10-4-3-5-11-23)16-17-33-32(38)40-20-28-26-14-8-6-12-24(26)25-13-7-9-15-27(25)28/h3-15,21-22,28,30H,16-20H2,1-2H3,(H,33,38)(H,34,35)(H,36,37)/t21?,22-,30+/m0/s1. The lowest BCUT2D eigenvalue weighted by Gasteiger charge is -2.23. The second-order valence-electron chi connectivity index (χ2n) is 10.2. The van der Waals surface area contributed by atoms with Crippen LogP contribution in [-0.4, -0.2) is 48.4 Å². The van der Waals surface area contributed by atoms with Gasteiger partial charge in [0.25, 0.3) is 0 Å². The molecular formula is C32H36N2O6. The second kappa shape index (κ2) is 13.8. The lowest BCUT2D eigenvalue weighted by atomic mass is 9.98. The first-order valence-electron chi connectivity index (χ1n) is 13.6. The fourth-order valence-corrected chi connectivity index (χ4v) is 5.00.